The van der Waals surface area contributed by atoms with E-state index in [0.29, 0.717) is 35.3 Å². The number of hydrogen-bond donors (Lipinski definition) is 1. The Morgan fingerprint density at radius 3 is 3.00 bits per heavy atom. The van der Waals surface area contributed by atoms with Gasteiger partial charge < -0.3 is 14.8 Å². The van der Waals surface area contributed by atoms with Gasteiger partial charge in [-0.3, -0.25) is 9.20 Å². The summed E-state index contributed by atoms with van der Waals surface area (Å²) in [5.41, 5.74) is 1.64. The van der Waals surface area contributed by atoms with E-state index < -0.39 is 0 Å². The molecule has 1 aromatic carbocycles. The average molecular weight is 357 g/mol. The molecule has 0 atom stereocenters. The van der Waals surface area contributed by atoms with E-state index in [1.807, 2.05) is 28.1 Å². The summed E-state index contributed by atoms with van der Waals surface area (Å²) in [5.74, 6) is 1.20. The number of thiophene rings is 1. The number of amides is 1. The van der Waals surface area contributed by atoms with Gasteiger partial charge in [-0.1, -0.05) is 0 Å². The van der Waals surface area contributed by atoms with E-state index in [9.17, 15) is 4.79 Å². The lowest BCUT2D eigenvalue weighted by Crippen LogP contribution is -2.16. The molecule has 0 radical (unpaired) electrons. The van der Waals surface area contributed by atoms with Gasteiger partial charge in [-0.05, 0) is 18.2 Å². The van der Waals surface area contributed by atoms with Crippen molar-refractivity contribution in [2.75, 3.05) is 18.5 Å². The van der Waals surface area contributed by atoms with Gasteiger partial charge in [0, 0.05) is 23.3 Å². The molecule has 1 aliphatic heterocycles. The smallest absolute Gasteiger partial charge is 0.265 e. The highest BCUT2D eigenvalue weighted by Gasteiger charge is 2.17. The fourth-order valence-corrected chi connectivity index (χ4v) is 4.37. The van der Waals surface area contributed by atoms with Crippen LogP contribution in [0.1, 0.15) is 9.67 Å². The third kappa shape index (κ3) is 2.15. The monoisotopic (exact) mass is 357 g/mol. The normalized spacial score (nSPS) is 13.5. The molecule has 0 spiro atoms. The quantitative estimate of drug-likeness (QED) is 0.595. The number of imidazole rings is 1. The lowest BCUT2D eigenvalue weighted by Gasteiger charge is -2.18. The minimum atomic E-state index is -0.154. The number of carbonyl (C=O) groups excluding carboxylic acids is 1. The van der Waals surface area contributed by atoms with Crippen molar-refractivity contribution < 1.29 is 14.3 Å². The van der Waals surface area contributed by atoms with Crippen LogP contribution in [-0.4, -0.2) is 28.5 Å². The van der Waals surface area contributed by atoms with Crippen LogP contribution >= 0.6 is 22.7 Å². The molecular weight excluding hydrogens is 346 g/mol. The molecule has 0 aliphatic carbocycles. The maximum Gasteiger partial charge on any atom is 0.265 e. The number of rotatable bonds is 2. The molecule has 120 valence electrons. The summed E-state index contributed by atoms with van der Waals surface area (Å²) in [6, 6.07) is 7.27. The zero-order valence-corrected chi connectivity index (χ0v) is 13.9. The lowest BCUT2D eigenvalue weighted by atomic mass is 10.2. The number of hydrogen-bond acceptors (Lipinski definition) is 6. The summed E-state index contributed by atoms with van der Waals surface area (Å²) < 4.78 is 13.0. The first-order valence-electron chi connectivity index (χ1n) is 7.34. The molecule has 1 amide bonds. The summed E-state index contributed by atoms with van der Waals surface area (Å²) in [7, 11) is 0. The molecule has 1 N–H and O–H groups in total. The molecule has 0 fully saturated rings. The predicted molar refractivity (Wildman–Crippen MR) is 93.8 cm³/mol. The van der Waals surface area contributed by atoms with E-state index >= 15 is 0 Å². The number of ether oxygens (including phenoxy) is 2. The zero-order chi connectivity index (χ0) is 16.1. The minimum Gasteiger partial charge on any atom is -0.486 e. The summed E-state index contributed by atoms with van der Waals surface area (Å²) in [6.45, 7) is 1.06. The molecule has 0 saturated heterocycles. The third-order valence-electron chi connectivity index (χ3n) is 3.76. The van der Waals surface area contributed by atoms with E-state index in [1.54, 1.807) is 23.5 Å². The highest BCUT2D eigenvalue weighted by Crippen LogP contribution is 2.33. The van der Waals surface area contributed by atoms with Crippen LogP contribution in [0, 0.1) is 0 Å². The summed E-state index contributed by atoms with van der Waals surface area (Å²) in [4.78, 5) is 19.5. The van der Waals surface area contributed by atoms with Crippen molar-refractivity contribution in [3.63, 3.8) is 0 Å². The predicted octanol–water partition coefficient (Wildman–Crippen LogP) is 3.63. The third-order valence-corrected chi connectivity index (χ3v) is 5.54. The van der Waals surface area contributed by atoms with Crippen LogP contribution in [-0.2, 0) is 0 Å². The Bertz CT molecular complexity index is 1080. The van der Waals surface area contributed by atoms with Crippen molar-refractivity contribution in [1.82, 2.24) is 9.38 Å². The zero-order valence-electron chi connectivity index (χ0n) is 12.3. The summed E-state index contributed by atoms with van der Waals surface area (Å²) in [5, 5.41) is 4.88. The van der Waals surface area contributed by atoms with Gasteiger partial charge in [-0.15, -0.1) is 22.7 Å². The second-order valence-electron chi connectivity index (χ2n) is 5.28. The molecule has 0 saturated carbocycles. The van der Waals surface area contributed by atoms with Gasteiger partial charge in [0.25, 0.3) is 5.91 Å². The van der Waals surface area contributed by atoms with Gasteiger partial charge in [-0.25, -0.2) is 4.98 Å². The number of benzene rings is 1. The van der Waals surface area contributed by atoms with Crippen LogP contribution < -0.4 is 14.8 Å². The lowest BCUT2D eigenvalue weighted by molar-refractivity contribution is 0.103. The molecule has 0 bridgehead atoms. The minimum absolute atomic E-state index is 0.154. The van der Waals surface area contributed by atoms with Crippen molar-refractivity contribution in [2.24, 2.45) is 0 Å². The van der Waals surface area contributed by atoms with Crippen LogP contribution in [0.15, 0.2) is 35.8 Å². The molecule has 24 heavy (non-hydrogen) atoms. The van der Waals surface area contributed by atoms with E-state index in [4.69, 9.17) is 9.47 Å². The van der Waals surface area contributed by atoms with Gasteiger partial charge in [0.2, 0.25) is 0 Å². The van der Waals surface area contributed by atoms with Crippen molar-refractivity contribution in [3.8, 4) is 11.5 Å². The van der Waals surface area contributed by atoms with E-state index in [2.05, 4.69) is 10.3 Å². The van der Waals surface area contributed by atoms with Crippen molar-refractivity contribution in [2.45, 2.75) is 0 Å². The molecule has 6 nitrogen and oxygen atoms in total. The van der Waals surface area contributed by atoms with Crippen molar-refractivity contribution >= 4 is 49.6 Å². The molecule has 0 unspecified atom stereocenters. The molecule has 8 heteroatoms. The van der Waals surface area contributed by atoms with E-state index in [0.717, 1.165) is 15.3 Å². The Balaban J connectivity index is 1.44. The Hall–Kier alpha value is -2.58. The fraction of sp³-hybridized carbons (Fsp3) is 0.125. The largest absolute Gasteiger partial charge is 0.486 e. The maximum atomic E-state index is 12.5. The van der Waals surface area contributed by atoms with Gasteiger partial charge in [0.1, 0.15) is 18.0 Å². The average Bonchev–Trinajstić information content (AvgIpc) is 3.26. The Morgan fingerprint density at radius 1 is 1.21 bits per heavy atom. The Labute approximate surface area is 144 Å². The number of nitrogens with one attached hydrogen (secondary N) is 1. The Kier molecular flexibility index (Phi) is 3.00. The molecule has 4 heterocycles. The molecule has 5 rings (SSSR count). The highest BCUT2D eigenvalue weighted by molar-refractivity contribution is 7.21. The van der Waals surface area contributed by atoms with Gasteiger partial charge >= 0.3 is 0 Å². The Morgan fingerprint density at radius 2 is 2.08 bits per heavy atom. The van der Waals surface area contributed by atoms with Crippen LogP contribution in [0.4, 0.5) is 5.69 Å². The first kappa shape index (κ1) is 13.8. The standard InChI is InChI=1S/C16H11N3O3S2/c20-14(17-9-1-2-11-12(7-9)22-5-4-21-11)13-8-10-15(24-13)18-16-19(10)3-6-23-16/h1-3,6-8H,4-5H2,(H,17,20). The SMILES string of the molecule is O=C(Nc1ccc2c(c1)OCCO2)c1cc2c(nc3sccn32)s1. The fourth-order valence-electron chi connectivity index (χ4n) is 2.67. The second-order valence-corrected chi connectivity index (χ2v) is 7.18. The topological polar surface area (TPSA) is 64.9 Å². The number of fused-ring (bicyclic) bond motifs is 4. The van der Waals surface area contributed by atoms with Crippen LogP contribution in [0.2, 0.25) is 0 Å². The van der Waals surface area contributed by atoms with E-state index in [-0.39, 0.29) is 5.91 Å². The number of nitrogens with zero attached hydrogens (tertiary/aromatic N) is 2. The number of aromatic nitrogens is 2. The molecule has 3 aromatic heterocycles. The number of thiazole rings is 1. The number of anilines is 1. The molecule has 1 aliphatic rings. The van der Waals surface area contributed by atoms with Crippen LogP contribution in [0.5, 0.6) is 11.5 Å². The molecule has 4 aromatic rings. The van der Waals surface area contributed by atoms with Crippen molar-refractivity contribution in [1.29, 1.82) is 0 Å². The molecular formula is C16H11N3O3S2. The summed E-state index contributed by atoms with van der Waals surface area (Å²) in [6.07, 6.45) is 1.96. The van der Waals surface area contributed by atoms with E-state index in [1.165, 1.54) is 11.3 Å². The van der Waals surface area contributed by atoms with Gasteiger partial charge in [0.05, 0.1) is 10.4 Å². The van der Waals surface area contributed by atoms with Crippen LogP contribution in [0.25, 0.3) is 15.3 Å². The number of carbonyl (C=O) groups is 1. The van der Waals surface area contributed by atoms with Crippen molar-refractivity contribution in [3.05, 3.63) is 40.7 Å². The first-order valence-corrected chi connectivity index (χ1v) is 9.04. The van der Waals surface area contributed by atoms with Gasteiger partial charge in [0.15, 0.2) is 16.5 Å². The maximum absolute atomic E-state index is 12.5. The highest BCUT2D eigenvalue weighted by atomic mass is 32.1. The first-order chi connectivity index (χ1) is 11.8. The van der Waals surface area contributed by atoms with Crippen LogP contribution in [0.3, 0.4) is 0 Å². The second kappa shape index (κ2) is 5.22. The summed E-state index contributed by atoms with van der Waals surface area (Å²) >= 11 is 2.97. The van der Waals surface area contributed by atoms with Gasteiger partial charge in [-0.2, -0.15) is 0 Å².